The summed E-state index contributed by atoms with van der Waals surface area (Å²) in [6.07, 6.45) is 5.33. The van der Waals surface area contributed by atoms with E-state index in [1.807, 2.05) is 31.2 Å². The Morgan fingerprint density at radius 2 is 1.96 bits per heavy atom. The molecule has 0 radical (unpaired) electrons. The molecule has 2 aromatic carbocycles. The lowest BCUT2D eigenvalue weighted by Crippen LogP contribution is -2.46. The Morgan fingerprint density at radius 1 is 1.14 bits per heavy atom. The van der Waals surface area contributed by atoms with Gasteiger partial charge in [-0.05, 0) is 111 Å². The number of carbonyl (C=O) groups excluding carboxylic acids is 2. The summed E-state index contributed by atoms with van der Waals surface area (Å²) < 4.78 is 53.6. The molecule has 0 spiro atoms. The van der Waals surface area contributed by atoms with Crippen LogP contribution in [0.25, 0.3) is 0 Å². The Hall–Kier alpha value is -3.22. The molecule has 2 aromatic rings. The van der Waals surface area contributed by atoms with Gasteiger partial charge >= 0.3 is 6.03 Å². The number of halogens is 3. The Bertz CT molecular complexity index is 1720. The van der Waals surface area contributed by atoms with Gasteiger partial charge in [-0.15, -0.1) is 4.36 Å². The first-order chi connectivity index (χ1) is 23.4. The van der Waals surface area contributed by atoms with Crippen molar-refractivity contribution in [3.05, 3.63) is 70.3 Å². The molecule has 4 aliphatic rings. The Kier molecular flexibility index (Phi) is 10.9. The van der Waals surface area contributed by atoms with Crippen molar-refractivity contribution >= 4 is 39.1 Å². The second-order valence-electron chi connectivity index (χ2n) is 14.0. The molecule has 8 unspecified atom stereocenters. The van der Waals surface area contributed by atoms with Gasteiger partial charge in [-0.2, -0.15) is 0 Å². The molecule has 0 aromatic heterocycles. The highest BCUT2D eigenvalue weighted by Crippen LogP contribution is 2.42. The number of urea groups is 1. The predicted octanol–water partition coefficient (Wildman–Crippen LogP) is 6.91. The Labute approximate surface area is 292 Å². The van der Waals surface area contributed by atoms with Gasteiger partial charge in [0.1, 0.15) is 15.7 Å². The van der Waals surface area contributed by atoms with Crippen molar-refractivity contribution in [1.29, 1.82) is 0 Å². The molecule has 13 heteroatoms. The fourth-order valence-corrected chi connectivity index (χ4v) is 9.06. The zero-order valence-corrected chi connectivity index (χ0v) is 29.4. The Balaban J connectivity index is 1.41. The van der Waals surface area contributed by atoms with Crippen LogP contribution in [0.3, 0.4) is 0 Å². The van der Waals surface area contributed by atoms with E-state index >= 15 is 0 Å². The number of aliphatic hydroxyl groups excluding tert-OH is 1. The number of carbonyl (C=O) groups is 2. The third kappa shape index (κ3) is 8.23. The standard InChI is InChI=1S/C36H45ClF2N4O5S/c1-21-6-5-8-32(44)28-13-10-26(28)20-43-19-25-9-12-27(37)16-23(25)7-3-4-15-48-33-14-11-24(17-31(33)43)35(45)41-49(47,22(21)2)42-36(46)40-30-18-29(30)34(38)39/h5,8-9,11-12,14,16-17,21-22,26,28-30,32,34,44H,3-4,6-7,10,13,15,18-20H2,1-2H3,(H2,40,41,42,45,46,47)/b8-5+. The maximum Gasteiger partial charge on any atom is 0.327 e. The van der Waals surface area contributed by atoms with Crippen LogP contribution < -0.4 is 19.7 Å². The lowest BCUT2D eigenvalue weighted by molar-refractivity contribution is 0.0459. The average molecular weight is 719 g/mol. The first kappa shape index (κ1) is 35.6. The molecular formula is C36H45ClF2N4O5S. The zero-order chi connectivity index (χ0) is 34.9. The highest BCUT2D eigenvalue weighted by molar-refractivity contribution is 7.93. The predicted molar refractivity (Wildman–Crippen MR) is 186 cm³/mol. The van der Waals surface area contributed by atoms with Crippen molar-refractivity contribution < 1.29 is 32.4 Å². The average Bonchev–Trinajstić information content (AvgIpc) is 3.81. The van der Waals surface area contributed by atoms with Crippen LogP contribution in [0.15, 0.2) is 52.9 Å². The molecule has 2 fully saturated rings. The van der Waals surface area contributed by atoms with Crippen LogP contribution in [0, 0.1) is 23.7 Å². The first-order valence-electron chi connectivity index (χ1n) is 17.2. The van der Waals surface area contributed by atoms with E-state index in [0.717, 1.165) is 43.2 Å². The number of hydrogen-bond acceptors (Lipinski definition) is 6. The summed E-state index contributed by atoms with van der Waals surface area (Å²) in [5.41, 5.74) is 3.11. The summed E-state index contributed by atoms with van der Waals surface area (Å²) in [7, 11) is -3.75. The molecule has 49 heavy (non-hydrogen) atoms. The minimum atomic E-state index is -3.75. The van der Waals surface area contributed by atoms with E-state index in [2.05, 4.69) is 19.3 Å². The molecule has 3 amide bonds. The molecule has 9 nitrogen and oxygen atoms in total. The molecule has 2 aliphatic heterocycles. The Morgan fingerprint density at radius 3 is 2.69 bits per heavy atom. The van der Waals surface area contributed by atoms with Crippen LogP contribution in [0.2, 0.25) is 5.02 Å². The monoisotopic (exact) mass is 718 g/mol. The van der Waals surface area contributed by atoms with Gasteiger partial charge in [0.25, 0.3) is 5.91 Å². The molecule has 6 rings (SSSR count). The van der Waals surface area contributed by atoms with Crippen molar-refractivity contribution in [3.8, 4) is 5.75 Å². The van der Waals surface area contributed by atoms with Crippen LogP contribution in [0.5, 0.6) is 5.75 Å². The molecule has 0 saturated heterocycles. The van der Waals surface area contributed by atoms with Crippen LogP contribution in [-0.4, -0.2) is 58.2 Å². The van der Waals surface area contributed by atoms with Crippen molar-refractivity contribution in [2.75, 3.05) is 18.1 Å². The maximum atomic E-state index is 14.5. The molecule has 2 saturated carbocycles. The number of hydrogen-bond donors (Lipinski definition) is 3. The van der Waals surface area contributed by atoms with E-state index in [0.29, 0.717) is 42.6 Å². The van der Waals surface area contributed by atoms with Gasteiger partial charge in [-0.3, -0.25) is 4.79 Å². The van der Waals surface area contributed by atoms with Gasteiger partial charge in [0.2, 0.25) is 6.43 Å². The summed E-state index contributed by atoms with van der Waals surface area (Å²) in [6.45, 7) is 5.08. The number of amides is 3. The third-order valence-electron chi connectivity index (χ3n) is 10.6. The first-order valence-corrected chi connectivity index (χ1v) is 19.2. The molecular weight excluding hydrogens is 674 g/mol. The summed E-state index contributed by atoms with van der Waals surface area (Å²) in [6, 6.07) is 9.29. The SMILES string of the molecule is CC1C/C=C/C(O)C2CCC2CN2Cc3ccc(Cl)cc3CCCCOc3ccc(cc32)C(=O)N=S(=O)(NC(=O)NC2CC2C(F)F)C1C. The van der Waals surface area contributed by atoms with Gasteiger partial charge in [0.05, 0.1) is 23.6 Å². The second kappa shape index (κ2) is 14.9. The van der Waals surface area contributed by atoms with Crippen LogP contribution in [0.4, 0.5) is 19.3 Å². The number of benzene rings is 2. The number of ether oxygens (including phenoxy) is 1. The van der Waals surface area contributed by atoms with Gasteiger partial charge < -0.3 is 20.1 Å². The number of aliphatic hydroxyl groups is 1. The number of alkyl halides is 2. The molecule has 2 heterocycles. The molecule has 8 atom stereocenters. The van der Waals surface area contributed by atoms with Crippen molar-refractivity contribution in [2.45, 2.75) is 89.2 Å². The van der Waals surface area contributed by atoms with E-state index in [9.17, 15) is 27.7 Å². The van der Waals surface area contributed by atoms with E-state index < -0.39 is 51.6 Å². The highest BCUT2D eigenvalue weighted by Gasteiger charge is 2.45. The van der Waals surface area contributed by atoms with Crippen molar-refractivity contribution in [1.82, 2.24) is 10.0 Å². The van der Waals surface area contributed by atoms with E-state index in [-0.39, 0.29) is 29.7 Å². The summed E-state index contributed by atoms with van der Waals surface area (Å²) in [5.74, 6) is -1.22. The normalized spacial score (nSPS) is 32.6. The second-order valence-corrected chi connectivity index (χ2v) is 16.7. The fourth-order valence-electron chi connectivity index (χ4n) is 7.05. The third-order valence-corrected chi connectivity index (χ3v) is 13.3. The molecule has 266 valence electrons. The minimum Gasteiger partial charge on any atom is -0.491 e. The molecule has 2 bridgehead atoms. The zero-order valence-electron chi connectivity index (χ0n) is 27.8. The van der Waals surface area contributed by atoms with Gasteiger partial charge in [-0.25, -0.2) is 22.5 Å². The lowest BCUT2D eigenvalue weighted by Gasteiger charge is -2.42. The number of nitrogens with zero attached hydrogens (tertiary/aromatic N) is 2. The van der Waals surface area contributed by atoms with Crippen LogP contribution in [0.1, 0.15) is 73.9 Å². The van der Waals surface area contributed by atoms with Gasteiger partial charge in [0.15, 0.2) is 0 Å². The smallest absolute Gasteiger partial charge is 0.327 e. The van der Waals surface area contributed by atoms with Crippen molar-refractivity contribution in [3.63, 3.8) is 0 Å². The van der Waals surface area contributed by atoms with Gasteiger partial charge in [-0.1, -0.05) is 36.7 Å². The van der Waals surface area contributed by atoms with E-state index in [4.69, 9.17) is 16.3 Å². The number of anilines is 1. The summed E-state index contributed by atoms with van der Waals surface area (Å²) in [5, 5.41) is 13.6. The molecule has 3 N–H and O–H groups in total. The number of aryl methyl sites for hydroxylation is 1. The quantitative estimate of drug-likeness (QED) is 0.297. The topological polar surface area (TPSA) is 120 Å². The largest absolute Gasteiger partial charge is 0.491 e. The van der Waals surface area contributed by atoms with E-state index in [1.54, 1.807) is 31.2 Å². The highest BCUT2D eigenvalue weighted by atomic mass is 35.5. The van der Waals surface area contributed by atoms with Gasteiger partial charge in [0, 0.05) is 35.6 Å². The van der Waals surface area contributed by atoms with E-state index in [1.165, 1.54) is 0 Å². The fraction of sp³-hybridized carbons (Fsp3) is 0.556. The maximum absolute atomic E-state index is 14.5. The van der Waals surface area contributed by atoms with Crippen LogP contribution in [-0.2, 0) is 22.9 Å². The summed E-state index contributed by atoms with van der Waals surface area (Å²) in [4.78, 5) is 29.1. The van der Waals surface area contributed by atoms with Crippen LogP contribution >= 0.6 is 11.6 Å². The van der Waals surface area contributed by atoms with Crippen molar-refractivity contribution in [2.24, 2.45) is 28.0 Å². The molecule has 2 aliphatic carbocycles. The lowest BCUT2D eigenvalue weighted by atomic mass is 9.70. The number of rotatable bonds is 3. The number of nitrogens with one attached hydrogen (secondary N) is 2. The number of allylic oxidation sites excluding steroid dienone is 1. The number of fused-ring (bicyclic) bond motifs is 3. The summed E-state index contributed by atoms with van der Waals surface area (Å²) >= 11 is 6.41. The minimum absolute atomic E-state index is 0.0398.